The molecule has 140 valence electrons. The van der Waals surface area contributed by atoms with Gasteiger partial charge in [-0.05, 0) is 6.42 Å². The summed E-state index contributed by atoms with van der Waals surface area (Å²) in [5, 5.41) is 0. The minimum atomic E-state index is -3.53. The Hall–Kier alpha value is -0.180. The Morgan fingerprint density at radius 1 is 0.696 bits per heavy atom. The summed E-state index contributed by atoms with van der Waals surface area (Å²) < 4.78 is 53.8. The number of unbranched alkanes of at least 4 members (excludes halogenated alkanes) is 7. The van der Waals surface area contributed by atoms with E-state index in [0.29, 0.717) is 6.42 Å². The van der Waals surface area contributed by atoms with Crippen molar-refractivity contribution in [3.63, 3.8) is 0 Å². The van der Waals surface area contributed by atoms with Crippen molar-refractivity contribution in [1.82, 2.24) is 0 Å². The lowest BCUT2D eigenvalue weighted by Gasteiger charge is -2.15. The van der Waals surface area contributed by atoms with E-state index in [-0.39, 0.29) is 19.1 Å². The molecule has 0 aromatic rings. The maximum atomic E-state index is 11.1. The zero-order chi connectivity index (χ0) is 17.8. The second kappa shape index (κ2) is 12.2. The molecule has 6 nitrogen and oxygen atoms in total. The van der Waals surface area contributed by atoms with Gasteiger partial charge in [0.15, 0.2) is 0 Å². The molecule has 0 bridgehead atoms. The van der Waals surface area contributed by atoms with Crippen LogP contribution in [0.4, 0.5) is 0 Å². The summed E-state index contributed by atoms with van der Waals surface area (Å²) in [6.45, 7) is 2.12. The smallest absolute Gasteiger partial charge is 0.264 e. The van der Waals surface area contributed by atoms with Gasteiger partial charge in [0.05, 0.1) is 25.7 Å². The summed E-state index contributed by atoms with van der Waals surface area (Å²) in [4.78, 5) is 0. The minimum Gasteiger partial charge on any atom is -0.270 e. The maximum absolute atomic E-state index is 11.1. The monoisotopic (exact) mass is 372 g/mol. The molecule has 0 unspecified atom stereocenters. The van der Waals surface area contributed by atoms with Crippen LogP contribution in [0.25, 0.3) is 0 Å². The summed E-state index contributed by atoms with van der Waals surface area (Å²) in [7, 11) is -7.05. The SMILES string of the molecule is CCCCCCCCCCC(COS(C)(=O)=O)COS(C)(=O)=O. The van der Waals surface area contributed by atoms with Gasteiger partial charge in [0, 0.05) is 5.92 Å². The van der Waals surface area contributed by atoms with Gasteiger partial charge in [-0.25, -0.2) is 0 Å². The summed E-state index contributed by atoms with van der Waals surface area (Å²) >= 11 is 0. The van der Waals surface area contributed by atoms with Crippen molar-refractivity contribution in [2.24, 2.45) is 5.92 Å². The molecule has 0 saturated heterocycles. The van der Waals surface area contributed by atoms with Gasteiger partial charge in [-0.3, -0.25) is 8.37 Å². The van der Waals surface area contributed by atoms with Crippen molar-refractivity contribution in [1.29, 1.82) is 0 Å². The van der Waals surface area contributed by atoms with E-state index >= 15 is 0 Å². The third-order valence-corrected chi connectivity index (χ3v) is 4.63. The standard InChI is InChI=1S/C15H32O6S2/c1-4-5-6-7-8-9-10-11-12-15(13-20-22(2,16)17)14-21-23(3,18)19/h15H,4-14H2,1-3H3. The molecule has 0 aromatic carbocycles. The Morgan fingerprint density at radius 2 is 1.09 bits per heavy atom. The second-order valence-electron chi connectivity index (χ2n) is 6.11. The predicted octanol–water partition coefficient (Wildman–Crippen LogP) is 3.09. The largest absolute Gasteiger partial charge is 0.270 e. The molecule has 0 aromatic heterocycles. The lowest BCUT2D eigenvalue weighted by molar-refractivity contribution is 0.176. The van der Waals surface area contributed by atoms with Crippen LogP contribution in [0.2, 0.25) is 0 Å². The molecular weight excluding hydrogens is 340 g/mol. The van der Waals surface area contributed by atoms with Gasteiger partial charge < -0.3 is 0 Å². The molecule has 0 N–H and O–H groups in total. The van der Waals surface area contributed by atoms with E-state index in [1.165, 1.54) is 32.1 Å². The molecule has 23 heavy (non-hydrogen) atoms. The average molecular weight is 373 g/mol. The first-order valence-corrected chi connectivity index (χ1v) is 12.0. The molecule has 0 radical (unpaired) electrons. The van der Waals surface area contributed by atoms with Gasteiger partial charge in [-0.2, -0.15) is 16.8 Å². The maximum Gasteiger partial charge on any atom is 0.264 e. The molecule has 0 heterocycles. The third-order valence-electron chi connectivity index (χ3n) is 3.50. The first-order chi connectivity index (χ1) is 10.6. The highest BCUT2D eigenvalue weighted by molar-refractivity contribution is 7.86. The number of rotatable bonds is 15. The highest BCUT2D eigenvalue weighted by Crippen LogP contribution is 2.15. The quantitative estimate of drug-likeness (QED) is 0.324. The Bertz CT molecular complexity index is 448. The van der Waals surface area contributed by atoms with Crippen molar-refractivity contribution in [2.75, 3.05) is 25.7 Å². The van der Waals surface area contributed by atoms with Gasteiger partial charge >= 0.3 is 0 Å². The molecule has 0 aliphatic carbocycles. The van der Waals surface area contributed by atoms with Crippen molar-refractivity contribution >= 4 is 20.2 Å². The van der Waals surface area contributed by atoms with Gasteiger partial charge in [0.2, 0.25) is 0 Å². The molecule has 0 fully saturated rings. The highest BCUT2D eigenvalue weighted by Gasteiger charge is 2.15. The van der Waals surface area contributed by atoms with Crippen molar-refractivity contribution in [3.8, 4) is 0 Å². The molecule has 0 spiro atoms. The molecule has 0 amide bonds. The van der Waals surface area contributed by atoms with E-state index in [2.05, 4.69) is 6.92 Å². The average Bonchev–Trinajstić information content (AvgIpc) is 2.41. The van der Waals surface area contributed by atoms with Crippen LogP contribution in [0.3, 0.4) is 0 Å². The van der Waals surface area contributed by atoms with Gasteiger partial charge in [-0.1, -0.05) is 58.3 Å². The van der Waals surface area contributed by atoms with E-state index in [9.17, 15) is 16.8 Å². The fourth-order valence-corrected chi connectivity index (χ4v) is 3.10. The van der Waals surface area contributed by atoms with Crippen LogP contribution in [0.5, 0.6) is 0 Å². The normalized spacial score (nSPS) is 12.9. The van der Waals surface area contributed by atoms with Crippen LogP contribution >= 0.6 is 0 Å². The fourth-order valence-electron chi connectivity index (χ4n) is 2.22. The summed E-state index contributed by atoms with van der Waals surface area (Å²) in [6, 6.07) is 0. The van der Waals surface area contributed by atoms with Crippen LogP contribution in [-0.4, -0.2) is 42.6 Å². The molecular formula is C15H32O6S2. The van der Waals surface area contributed by atoms with Crippen LogP contribution < -0.4 is 0 Å². The zero-order valence-electron chi connectivity index (χ0n) is 14.6. The van der Waals surface area contributed by atoms with Gasteiger partial charge in [0.1, 0.15) is 0 Å². The van der Waals surface area contributed by atoms with Crippen LogP contribution in [0, 0.1) is 5.92 Å². The van der Waals surface area contributed by atoms with E-state index in [4.69, 9.17) is 8.37 Å². The summed E-state index contributed by atoms with van der Waals surface area (Å²) in [5.74, 6) is -0.237. The molecule has 8 heteroatoms. The lowest BCUT2D eigenvalue weighted by Crippen LogP contribution is -2.20. The van der Waals surface area contributed by atoms with Crippen molar-refractivity contribution < 1.29 is 25.2 Å². The first-order valence-electron chi connectivity index (χ1n) is 8.33. The van der Waals surface area contributed by atoms with E-state index < -0.39 is 20.2 Å². The lowest BCUT2D eigenvalue weighted by atomic mass is 10.0. The Balaban J connectivity index is 4.00. The van der Waals surface area contributed by atoms with E-state index in [1.54, 1.807) is 0 Å². The third kappa shape index (κ3) is 18.0. The van der Waals surface area contributed by atoms with Crippen molar-refractivity contribution in [2.45, 2.75) is 64.7 Å². The molecule has 0 aliphatic rings. The minimum absolute atomic E-state index is 0.0369. The van der Waals surface area contributed by atoms with Gasteiger partial charge in [0.25, 0.3) is 20.2 Å². The van der Waals surface area contributed by atoms with Crippen LogP contribution in [0.15, 0.2) is 0 Å². The topological polar surface area (TPSA) is 86.7 Å². The summed E-state index contributed by atoms with van der Waals surface area (Å²) in [5.41, 5.74) is 0. The Morgan fingerprint density at radius 3 is 1.48 bits per heavy atom. The van der Waals surface area contributed by atoms with Crippen LogP contribution in [0.1, 0.15) is 64.7 Å². The fraction of sp³-hybridized carbons (Fsp3) is 1.00. The van der Waals surface area contributed by atoms with E-state index in [1.807, 2.05) is 0 Å². The van der Waals surface area contributed by atoms with Gasteiger partial charge in [-0.15, -0.1) is 0 Å². The van der Waals surface area contributed by atoms with E-state index in [0.717, 1.165) is 31.8 Å². The number of hydrogen-bond donors (Lipinski definition) is 0. The van der Waals surface area contributed by atoms with Crippen LogP contribution in [-0.2, 0) is 28.6 Å². The zero-order valence-corrected chi connectivity index (χ0v) is 16.3. The predicted molar refractivity (Wildman–Crippen MR) is 92.3 cm³/mol. The van der Waals surface area contributed by atoms with Crippen molar-refractivity contribution in [3.05, 3.63) is 0 Å². The summed E-state index contributed by atoms with van der Waals surface area (Å²) in [6.07, 6.45) is 12.1. The molecule has 0 atom stereocenters. The second-order valence-corrected chi connectivity index (χ2v) is 9.39. The molecule has 0 aliphatic heterocycles. The Labute approximate surface area is 142 Å². The highest BCUT2D eigenvalue weighted by atomic mass is 32.2. The number of hydrogen-bond acceptors (Lipinski definition) is 6. The molecule has 0 saturated carbocycles. The molecule has 0 rings (SSSR count). The Kier molecular flexibility index (Phi) is 12.1. The first kappa shape index (κ1) is 22.8.